The summed E-state index contributed by atoms with van der Waals surface area (Å²) in [7, 11) is 1.33. The highest BCUT2D eigenvalue weighted by molar-refractivity contribution is 6.29. The molecule has 0 spiro atoms. The molecule has 0 saturated carbocycles. The number of hydrogen-bond acceptors (Lipinski definition) is 4. The van der Waals surface area contributed by atoms with Gasteiger partial charge < -0.3 is 15.6 Å². The van der Waals surface area contributed by atoms with Crippen molar-refractivity contribution in [1.29, 1.82) is 0 Å². The van der Waals surface area contributed by atoms with Crippen molar-refractivity contribution in [3.63, 3.8) is 0 Å². The molecule has 0 aliphatic heterocycles. The molecule has 0 unspecified atom stereocenters. The first-order valence-corrected chi connectivity index (χ1v) is 6.05. The van der Waals surface area contributed by atoms with E-state index < -0.39 is 5.54 Å². The van der Waals surface area contributed by atoms with Gasteiger partial charge in [-0.2, -0.15) is 4.79 Å². The number of carbonyl (C=O) groups excluding carboxylic acids is 2. The van der Waals surface area contributed by atoms with E-state index in [1.165, 1.54) is 7.11 Å². The summed E-state index contributed by atoms with van der Waals surface area (Å²) in [5.41, 5.74) is 8.92. The smallest absolute Gasteiger partial charge is 0.337 e. The molecule has 1 N–H and O–H groups in total. The molecule has 0 amide bonds. The highest BCUT2D eigenvalue weighted by Gasteiger charge is 2.28. The average molecular weight is 275 g/mol. The molecule has 0 saturated heterocycles. The standard InChI is InChI=1S/C14H17N3O3/c1-14(2,12(18)9-17-15)16-8-10-4-6-11(7-5-10)13(19)20-3/h4-7,9,16H,8H2,1-3H3. The van der Waals surface area contributed by atoms with Gasteiger partial charge in [0, 0.05) is 6.54 Å². The van der Waals surface area contributed by atoms with Gasteiger partial charge in [0.05, 0.1) is 18.2 Å². The quantitative estimate of drug-likeness (QED) is 0.365. The van der Waals surface area contributed by atoms with Gasteiger partial charge in [-0.25, -0.2) is 4.79 Å². The molecule has 0 atom stereocenters. The summed E-state index contributed by atoms with van der Waals surface area (Å²) in [6, 6.07) is 6.87. The van der Waals surface area contributed by atoms with Crippen LogP contribution in [0.1, 0.15) is 29.8 Å². The van der Waals surface area contributed by atoms with Crippen LogP contribution in [0, 0.1) is 0 Å². The van der Waals surface area contributed by atoms with Crippen molar-refractivity contribution in [1.82, 2.24) is 5.32 Å². The third-order valence-electron chi connectivity index (χ3n) is 2.90. The normalized spacial score (nSPS) is 10.6. The van der Waals surface area contributed by atoms with Crippen molar-refractivity contribution in [3.8, 4) is 0 Å². The first kappa shape index (κ1) is 15.8. The van der Waals surface area contributed by atoms with Gasteiger partial charge in [-0.3, -0.25) is 4.79 Å². The molecular formula is C14H17N3O3. The molecule has 0 aliphatic rings. The van der Waals surface area contributed by atoms with Crippen molar-refractivity contribution in [2.24, 2.45) is 0 Å². The van der Waals surface area contributed by atoms with Crippen molar-refractivity contribution in [2.75, 3.05) is 7.11 Å². The number of carbonyl (C=O) groups is 2. The first-order chi connectivity index (χ1) is 9.40. The molecule has 6 heteroatoms. The summed E-state index contributed by atoms with van der Waals surface area (Å²) in [4.78, 5) is 25.6. The van der Waals surface area contributed by atoms with Crippen LogP contribution in [0.5, 0.6) is 0 Å². The van der Waals surface area contributed by atoms with Gasteiger partial charge in [0.2, 0.25) is 0 Å². The van der Waals surface area contributed by atoms with Gasteiger partial charge in [-0.1, -0.05) is 12.1 Å². The number of Topliss-reactive ketones (excluding diaryl/α,β-unsaturated/α-hetero) is 1. The molecule has 0 bridgehead atoms. The topological polar surface area (TPSA) is 91.8 Å². The van der Waals surface area contributed by atoms with E-state index in [9.17, 15) is 9.59 Å². The Morgan fingerprint density at radius 3 is 2.45 bits per heavy atom. The zero-order valence-electron chi connectivity index (χ0n) is 11.7. The highest BCUT2D eigenvalue weighted by atomic mass is 16.5. The van der Waals surface area contributed by atoms with Gasteiger partial charge in [0.15, 0.2) is 0 Å². The molecule has 1 aromatic rings. The van der Waals surface area contributed by atoms with E-state index in [0.29, 0.717) is 12.1 Å². The summed E-state index contributed by atoms with van der Waals surface area (Å²) in [5, 5.41) is 3.05. The largest absolute Gasteiger partial charge is 0.465 e. The third kappa shape index (κ3) is 4.12. The molecule has 1 aromatic carbocycles. The fraction of sp³-hybridized carbons (Fsp3) is 0.357. The van der Waals surface area contributed by atoms with E-state index in [1.54, 1.807) is 38.1 Å². The lowest BCUT2D eigenvalue weighted by atomic mass is 9.99. The van der Waals surface area contributed by atoms with Crippen LogP contribution in [-0.4, -0.2) is 35.4 Å². The lowest BCUT2D eigenvalue weighted by Gasteiger charge is -2.21. The minimum Gasteiger partial charge on any atom is -0.465 e. The number of ether oxygens (including phenoxy) is 1. The Hall–Kier alpha value is -2.30. The molecule has 0 heterocycles. The summed E-state index contributed by atoms with van der Waals surface area (Å²) >= 11 is 0. The minimum absolute atomic E-state index is 0.328. The van der Waals surface area contributed by atoms with Crippen LogP contribution in [0.4, 0.5) is 0 Å². The van der Waals surface area contributed by atoms with Crippen LogP contribution in [0.3, 0.4) is 0 Å². The summed E-state index contributed by atoms with van der Waals surface area (Å²) in [5.74, 6) is -0.717. The lowest BCUT2D eigenvalue weighted by molar-refractivity contribution is -0.121. The van der Waals surface area contributed by atoms with Crippen LogP contribution in [0.25, 0.3) is 5.53 Å². The summed E-state index contributed by atoms with van der Waals surface area (Å²) < 4.78 is 4.61. The van der Waals surface area contributed by atoms with Gasteiger partial charge in [0.25, 0.3) is 5.78 Å². The maximum absolute atomic E-state index is 11.6. The summed E-state index contributed by atoms with van der Waals surface area (Å²) in [6.45, 7) is 3.83. The molecular weight excluding hydrogens is 258 g/mol. The van der Waals surface area contributed by atoms with Crippen LogP contribution < -0.4 is 5.32 Å². The second kappa shape index (κ2) is 6.75. The Labute approximate surface area is 117 Å². The fourth-order valence-corrected chi connectivity index (χ4v) is 1.50. The molecule has 106 valence electrons. The minimum atomic E-state index is -0.840. The van der Waals surface area contributed by atoms with Gasteiger partial charge in [-0.15, -0.1) is 0 Å². The summed E-state index contributed by atoms with van der Waals surface area (Å²) in [6.07, 6.45) is 0.868. The van der Waals surface area contributed by atoms with Crippen LogP contribution >= 0.6 is 0 Å². The van der Waals surface area contributed by atoms with E-state index in [-0.39, 0.29) is 11.8 Å². The molecule has 1 rings (SSSR count). The van der Waals surface area contributed by atoms with E-state index in [2.05, 4.69) is 14.8 Å². The second-order valence-corrected chi connectivity index (χ2v) is 4.78. The fourth-order valence-electron chi connectivity index (χ4n) is 1.50. The van der Waals surface area contributed by atoms with Crippen molar-refractivity contribution >= 4 is 18.0 Å². The van der Waals surface area contributed by atoms with Gasteiger partial charge >= 0.3 is 12.2 Å². The molecule has 0 aliphatic carbocycles. The maximum Gasteiger partial charge on any atom is 0.337 e. The highest BCUT2D eigenvalue weighted by Crippen LogP contribution is 2.08. The van der Waals surface area contributed by atoms with Crippen LogP contribution in [0.2, 0.25) is 0 Å². The second-order valence-electron chi connectivity index (χ2n) is 4.78. The van der Waals surface area contributed by atoms with Crippen molar-refractivity contribution in [2.45, 2.75) is 25.9 Å². The number of nitrogens with zero attached hydrogens (tertiary/aromatic N) is 2. The number of hydrogen-bond donors (Lipinski definition) is 1. The van der Waals surface area contributed by atoms with Crippen molar-refractivity contribution < 1.29 is 19.1 Å². The average Bonchev–Trinajstić information content (AvgIpc) is 2.45. The van der Waals surface area contributed by atoms with Gasteiger partial charge in [0.1, 0.15) is 0 Å². The predicted molar refractivity (Wildman–Crippen MR) is 73.4 cm³/mol. The number of methoxy groups -OCH3 is 1. The van der Waals surface area contributed by atoms with Gasteiger partial charge in [-0.05, 0) is 31.5 Å². The third-order valence-corrected chi connectivity index (χ3v) is 2.90. The van der Waals surface area contributed by atoms with E-state index in [0.717, 1.165) is 11.8 Å². The molecule has 0 aromatic heterocycles. The Morgan fingerprint density at radius 2 is 1.95 bits per heavy atom. The lowest BCUT2D eigenvalue weighted by Crippen LogP contribution is -2.47. The Balaban J connectivity index is 2.68. The number of rotatable bonds is 6. The van der Waals surface area contributed by atoms with Crippen LogP contribution in [-0.2, 0) is 16.1 Å². The van der Waals surface area contributed by atoms with Crippen LogP contribution in [0.15, 0.2) is 24.3 Å². The monoisotopic (exact) mass is 275 g/mol. The molecule has 6 nitrogen and oxygen atoms in total. The Morgan fingerprint density at radius 1 is 1.35 bits per heavy atom. The predicted octanol–water partition coefficient (Wildman–Crippen LogP) is 1.21. The number of nitrogens with one attached hydrogen (secondary N) is 1. The first-order valence-electron chi connectivity index (χ1n) is 6.05. The Bertz CT molecular complexity index is 543. The zero-order chi connectivity index (χ0) is 15.2. The molecule has 0 radical (unpaired) electrons. The van der Waals surface area contributed by atoms with E-state index in [1.807, 2.05) is 0 Å². The van der Waals surface area contributed by atoms with E-state index in [4.69, 9.17) is 5.53 Å². The number of ketones is 1. The SMILES string of the molecule is COC(=O)c1ccc(CNC(C)(C)C(=O)C=[N+]=[N-])cc1. The number of esters is 1. The maximum atomic E-state index is 11.6. The molecule has 20 heavy (non-hydrogen) atoms. The van der Waals surface area contributed by atoms with Crippen molar-refractivity contribution in [3.05, 3.63) is 40.9 Å². The Kier molecular flexibility index (Phi) is 5.32. The zero-order valence-corrected chi connectivity index (χ0v) is 11.7. The van der Waals surface area contributed by atoms with E-state index >= 15 is 0 Å². The number of benzene rings is 1. The molecule has 0 fully saturated rings.